The fourth-order valence-electron chi connectivity index (χ4n) is 1.72. The van der Waals surface area contributed by atoms with Gasteiger partial charge in [0, 0.05) is 31.4 Å². The van der Waals surface area contributed by atoms with Crippen LogP contribution >= 0.6 is 0 Å². The first-order valence-electron chi connectivity index (χ1n) is 5.10. The van der Waals surface area contributed by atoms with Crippen molar-refractivity contribution in [2.75, 3.05) is 7.05 Å². The van der Waals surface area contributed by atoms with Crippen molar-refractivity contribution in [3.8, 4) is 0 Å². The minimum atomic E-state index is 0.234. The minimum Gasteiger partial charge on any atom is -0.372 e. The summed E-state index contributed by atoms with van der Waals surface area (Å²) in [7, 11) is 2.00. The third kappa shape index (κ3) is 2.43. The topological polar surface area (TPSA) is 33.2 Å². The highest BCUT2D eigenvalue weighted by molar-refractivity contribution is 5.92. The zero-order valence-corrected chi connectivity index (χ0v) is 8.81. The van der Waals surface area contributed by atoms with Gasteiger partial charge in [-0.2, -0.15) is 0 Å². The van der Waals surface area contributed by atoms with Crippen LogP contribution in [0.25, 0.3) is 0 Å². The fourth-order valence-corrected chi connectivity index (χ4v) is 1.72. The number of carbonyl (C=O) groups is 1. The Morgan fingerprint density at radius 3 is 2.87 bits per heavy atom. The lowest BCUT2D eigenvalue weighted by molar-refractivity contribution is -0.114. The van der Waals surface area contributed by atoms with Gasteiger partial charge in [0.15, 0.2) is 5.78 Å². The molecule has 78 valence electrons. The summed E-state index contributed by atoms with van der Waals surface area (Å²) in [5.41, 5.74) is 2.14. The molecular formula is C12H14N2O. The van der Waals surface area contributed by atoms with E-state index in [1.165, 1.54) is 0 Å². The normalized spacial score (nSPS) is 15.3. The Morgan fingerprint density at radius 2 is 2.27 bits per heavy atom. The Kier molecular flexibility index (Phi) is 2.81. The van der Waals surface area contributed by atoms with Gasteiger partial charge in [0.05, 0.1) is 12.2 Å². The molecule has 0 N–H and O–H groups in total. The molecule has 3 heteroatoms. The summed E-state index contributed by atoms with van der Waals surface area (Å²) in [5, 5.41) is 0. The lowest BCUT2D eigenvalue weighted by Crippen LogP contribution is -2.16. The van der Waals surface area contributed by atoms with E-state index >= 15 is 0 Å². The van der Waals surface area contributed by atoms with E-state index < -0.39 is 0 Å². The number of allylic oxidation sites excluding steroid dienone is 2. The van der Waals surface area contributed by atoms with E-state index in [0.29, 0.717) is 6.42 Å². The van der Waals surface area contributed by atoms with Gasteiger partial charge in [0.1, 0.15) is 0 Å². The second kappa shape index (κ2) is 4.26. The molecule has 1 aromatic heterocycles. The molecule has 0 saturated heterocycles. The Morgan fingerprint density at radius 1 is 1.40 bits per heavy atom. The highest BCUT2D eigenvalue weighted by atomic mass is 16.1. The molecule has 0 aromatic carbocycles. The van der Waals surface area contributed by atoms with Crippen molar-refractivity contribution in [2.45, 2.75) is 19.4 Å². The van der Waals surface area contributed by atoms with Crippen LogP contribution in [0.2, 0.25) is 0 Å². The Labute approximate surface area is 89.4 Å². The molecule has 0 atom stereocenters. The molecule has 0 aliphatic heterocycles. The van der Waals surface area contributed by atoms with Crippen LogP contribution in [0.3, 0.4) is 0 Å². The number of pyridine rings is 1. The van der Waals surface area contributed by atoms with Crippen molar-refractivity contribution < 1.29 is 4.79 Å². The molecule has 1 heterocycles. The van der Waals surface area contributed by atoms with Gasteiger partial charge < -0.3 is 4.90 Å². The quantitative estimate of drug-likeness (QED) is 0.748. The number of hydrogen-bond acceptors (Lipinski definition) is 3. The van der Waals surface area contributed by atoms with Crippen LogP contribution in [0, 0.1) is 0 Å². The summed E-state index contributed by atoms with van der Waals surface area (Å²) in [5.74, 6) is 0.234. The molecular weight excluding hydrogens is 188 g/mol. The molecule has 2 rings (SSSR count). The number of aromatic nitrogens is 1. The van der Waals surface area contributed by atoms with Gasteiger partial charge in [-0.25, -0.2) is 0 Å². The Bertz CT molecular complexity index is 384. The van der Waals surface area contributed by atoms with Gasteiger partial charge in [-0.3, -0.25) is 9.78 Å². The lowest BCUT2D eigenvalue weighted by Gasteiger charge is -2.19. The van der Waals surface area contributed by atoms with Crippen molar-refractivity contribution >= 4 is 5.78 Å². The first kappa shape index (κ1) is 9.90. The van der Waals surface area contributed by atoms with Crippen LogP contribution in [0.4, 0.5) is 0 Å². The van der Waals surface area contributed by atoms with Crippen molar-refractivity contribution in [3.05, 3.63) is 41.9 Å². The second-order valence-corrected chi connectivity index (χ2v) is 3.78. The summed E-state index contributed by atoms with van der Waals surface area (Å²) >= 11 is 0. The predicted octanol–water partition coefficient (Wildman–Crippen LogP) is 1.76. The molecule has 0 amide bonds. The second-order valence-electron chi connectivity index (χ2n) is 3.78. The summed E-state index contributed by atoms with van der Waals surface area (Å²) < 4.78 is 0. The van der Waals surface area contributed by atoms with E-state index in [9.17, 15) is 4.79 Å². The molecule has 1 aliphatic rings. The van der Waals surface area contributed by atoms with Gasteiger partial charge >= 0.3 is 0 Å². The lowest BCUT2D eigenvalue weighted by atomic mass is 10.3. The van der Waals surface area contributed by atoms with Gasteiger partial charge in [0.25, 0.3) is 0 Å². The summed E-state index contributed by atoms with van der Waals surface area (Å²) in [6.45, 7) is 0.764. The SMILES string of the molecule is CN(Cc1ccccn1)C1=CC(=O)CC1. The number of carbonyl (C=O) groups excluding carboxylic acids is 1. The van der Waals surface area contributed by atoms with Crippen LogP contribution in [0.15, 0.2) is 36.2 Å². The summed E-state index contributed by atoms with van der Waals surface area (Å²) in [6, 6.07) is 5.88. The first-order chi connectivity index (χ1) is 7.25. The van der Waals surface area contributed by atoms with Crippen LogP contribution < -0.4 is 0 Å². The summed E-state index contributed by atoms with van der Waals surface area (Å²) in [6.07, 6.45) is 5.05. The molecule has 0 unspecified atom stereocenters. The van der Waals surface area contributed by atoms with E-state index in [-0.39, 0.29) is 5.78 Å². The minimum absolute atomic E-state index is 0.234. The van der Waals surface area contributed by atoms with Crippen LogP contribution in [-0.4, -0.2) is 22.7 Å². The number of ketones is 1. The smallest absolute Gasteiger partial charge is 0.157 e. The fraction of sp³-hybridized carbons (Fsp3) is 0.333. The molecule has 3 nitrogen and oxygen atoms in total. The summed E-state index contributed by atoms with van der Waals surface area (Å²) in [4.78, 5) is 17.4. The average Bonchev–Trinajstić information content (AvgIpc) is 2.66. The van der Waals surface area contributed by atoms with Crippen molar-refractivity contribution in [1.82, 2.24) is 9.88 Å². The van der Waals surface area contributed by atoms with E-state index in [0.717, 1.165) is 24.4 Å². The monoisotopic (exact) mass is 202 g/mol. The maximum absolute atomic E-state index is 11.1. The Hall–Kier alpha value is -1.64. The van der Waals surface area contributed by atoms with E-state index in [2.05, 4.69) is 9.88 Å². The van der Waals surface area contributed by atoms with Crippen molar-refractivity contribution in [1.29, 1.82) is 0 Å². The number of hydrogen-bond donors (Lipinski definition) is 0. The molecule has 15 heavy (non-hydrogen) atoms. The zero-order chi connectivity index (χ0) is 10.7. The van der Waals surface area contributed by atoms with Crippen molar-refractivity contribution in [3.63, 3.8) is 0 Å². The molecule has 0 saturated carbocycles. The highest BCUT2D eigenvalue weighted by Crippen LogP contribution is 2.19. The molecule has 0 bridgehead atoms. The highest BCUT2D eigenvalue weighted by Gasteiger charge is 2.15. The van der Waals surface area contributed by atoms with Crippen LogP contribution in [0.5, 0.6) is 0 Å². The maximum Gasteiger partial charge on any atom is 0.157 e. The van der Waals surface area contributed by atoms with E-state index in [4.69, 9.17) is 0 Å². The first-order valence-corrected chi connectivity index (χ1v) is 5.10. The van der Waals surface area contributed by atoms with E-state index in [1.54, 1.807) is 12.3 Å². The van der Waals surface area contributed by atoms with Gasteiger partial charge in [0.2, 0.25) is 0 Å². The molecule has 0 fully saturated rings. The van der Waals surface area contributed by atoms with Gasteiger partial charge in [-0.05, 0) is 18.6 Å². The average molecular weight is 202 g/mol. The molecule has 0 radical (unpaired) electrons. The third-order valence-corrected chi connectivity index (χ3v) is 2.57. The predicted molar refractivity (Wildman–Crippen MR) is 58.0 cm³/mol. The largest absolute Gasteiger partial charge is 0.372 e. The van der Waals surface area contributed by atoms with Crippen LogP contribution in [-0.2, 0) is 11.3 Å². The number of rotatable bonds is 3. The van der Waals surface area contributed by atoms with E-state index in [1.807, 2.05) is 25.2 Å². The molecule has 1 aromatic rings. The number of nitrogens with zero attached hydrogens (tertiary/aromatic N) is 2. The van der Waals surface area contributed by atoms with Crippen molar-refractivity contribution in [2.24, 2.45) is 0 Å². The van der Waals surface area contributed by atoms with Gasteiger partial charge in [-0.15, -0.1) is 0 Å². The maximum atomic E-state index is 11.1. The zero-order valence-electron chi connectivity index (χ0n) is 8.81. The standard InChI is InChI=1S/C12H14N2O/c1-14(11-5-6-12(15)8-11)9-10-4-2-3-7-13-10/h2-4,7-8H,5-6,9H2,1H3. The molecule has 1 aliphatic carbocycles. The third-order valence-electron chi connectivity index (χ3n) is 2.57. The Balaban J connectivity index is 2.01. The van der Waals surface area contributed by atoms with Crippen LogP contribution in [0.1, 0.15) is 18.5 Å². The molecule has 0 spiro atoms. The van der Waals surface area contributed by atoms with Gasteiger partial charge in [-0.1, -0.05) is 6.07 Å².